The molecule has 5 nitrogen and oxygen atoms in total. The van der Waals surface area contributed by atoms with Gasteiger partial charge in [0.05, 0.1) is 6.54 Å². The SMILES string of the molecule is CCCC(=O)N(Cc1ccccc1)c1nc(C)nc(C(F)(F)F)n1. The maximum absolute atomic E-state index is 12.9. The van der Waals surface area contributed by atoms with Crippen molar-refractivity contribution in [2.45, 2.75) is 39.4 Å². The number of carbonyl (C=O) groups is 1. The van der Waals surface area contributed by atoms with Gasteiger partial charge in [0.2, 0.25) is 17.7 Å². The van der Waals surface area contributed by atoms with Crippen molar-refractivity contribution in [1.82, 2.24) is 15.0 Å². The van der Waals surface area contributed by atoms with E-state index in [0.717, 1.165) is 5.56 Å². The summed E-state index contributed by atoms with van der Waals surface area (Å²) in [6.07, 6.45) is -3.94. The molecule has 1 aromatic carbocycles. The zero-order valence-corrected chi connectivity index (χ0v) is 13.3. The molecule has 0 spiro atoms. The minimum absolute atomic E-state index is 0.0883. The zero-order valence-electron chi connectivity index (χ0n) is 13.3. The van der Waals surface area contributed by atoms with Crippen LogP contribution in [0.5, 0.6) is 0 Å². The number of benzene rings is 1. The van der Waals surface area contributed by atoms with Gasteiger partial charge < -0.3 is 0 Å². The van der Waals surface area contributed by atoms with E-state index in [4.69, 9.17) is 0 Å². The van der Waals surface area contributed by atoms with Gasteiger partial charge in [-0.2, -0.15) is 23.1 Å². The highest BCUT2D eigenvalue weighted by molar-refractivity contribution is 5.91. The first-order valence-electron chi connectivity index (χ1n) is 7.45. The van der Waals surface area contributed by atoms with E-state index in [1.54, 1.807) is 24.3 Å². The van der Waals surface area contributed by atoms with E-state index in [1.165, 1.54) is 11.8 Å². The van der Waals surface area contributed by atoms with Gasteiger partial charge in [-0.25, -0.2) is 4.98 Å². The largest absolute Gasteiger partial charge is 0.451 e. The van der Waals surface area contributed by atoms with Gasteiger partial charge in [-0.15, -0.1) is 0 Å². The van der Waals surface area contributed by atoms with Crippen LogP contribution >= 0.6 is 0 Å². The first-order chi connectivity index (χ1) is 11.3. The van der Waals surface area contributed by atoms with Crippen LogP contribution in [-0.4, -0.2) is 20.9 Å². The van der Waals surface area contributed by atoms with E-state index in [2.05, 4.69) is 15.0 Å². The summed E-state index contributed by atoms with van der Waals surface area (Å²) in [6, 6.07) is 8.96. The lowest BCUT2D eigenvalue weighted by atomic mass is 10.2. The number of halogens is 3. The predicted octanol–water partition coefficient (Wildman–Crippen LogP) is 3.53. The second-order valence-corrected chi connectivity index (χ2v) is 5.22. The highest BCUT2D eigenvalue weighted by Gasteiger charge is 2.36. The number of carbonyl (C=O) groups excluding carboxylic acids is 1. The van der Waals surface area contributed by atoms with E-state index in [-0.39, 0.29) is 30.6 Å². The third-order valence-electron chi connectivity index (χ3n) is 3.18. The van der Waals surface area contributed by atoms with Crippen molar-refractivity contribution >= 4 is 11.9 Å². The highest BCUT2D eigenvalue weighted by Crippen LogP contribution is 2.27. The van der Waals surface area contributed by atoms with Gasteiger partial charge in [0.15, 0.2) is 0 Å². The summed E-state index contributed by atoms with van der Waals surface area (Å²) in [7, 11) is 0. The molecule has 0 aliphatic rings. The minimum atomic E-state index is -4.70. The second kappa shape index (κ2) is 7.37. The summed E-state index contributed by atoms with van der Waals surface area (Å²) in [5.74, 6) is -2.00. The van der Waals surface area contributed by atoms with Crippen LogP contribution in [0.15, 0.2) is 30.3 Å². The molecule has 1 aromatic heterocycles. The second-order valence-electron chi connectivity index (χ2n) is 5.22. The fourth-order valence-electron chi connectivity index (χ4n) is 2.10. The predicted molar refractivity (Wildman–Crippen MR) is 82.1 cm³/mol. The lowest BCUT2D eigenvalue weighted by Crippen LogP contribution is -2.33. The van der Waals surface area contributed by atoms with Crippen LogP contribution in [-0.2, 0) is 17.5 Å². The van der Waals surface area contributed by atoms with Crippen molar-refractivity contribution in [1.29, 1.82) is 0 Å². The lowest BCUT2D eigenvalue weighted by molar-refractivity contribution is -0.145. The number of nitrogens with zero attached hydrogens (tertiary/aromatic N) is 4. The van der Waals surface area contributed by atoms with E-state index >= 15 is 0 Å². The molecular weight excluding hydrogens is 321 g/mol. The van der Waals surface area contributed by atoms with Crippen molar-refractivity contribution in [2.75, 3.05) is 4.90 Å². The molecule has 24 heavy (non-hydrogen) atoms. The average molecular weight is 338 g/mol. The molecule has 0 radical (unpaired) electrons. The van der Waals surface area contributed by atoms with Crippen LogP contribution in [0.25, 0.3) is 0 Å². The quantitative estimate of drug-likeness (QED) is 0.837. The van der Waals surface area contributed by atoms with Crippen LogP contribution in [0.1, 0.15) is 37.0 Å². The van der Waals surface area contributed by atoms with Crippen molar-refractivity contribution in [3.05, 3.63) is 47.5 Å². The Morgan fingerprint density at radius 1 is 1.12 bits per heavy atom. The third kappa shape index (κ3) is 4.50. The van der Waals surface area contributed by atoms with Crippen LogP contribution in [0.2, 0.25) is 0 Å². The molecule has 0 atom stereocenters. The van der Waals surface area contributed by atoms with Crippen molar-refractivity contribution < 1.29 is 18.0 Å². The smallest absolute Gasteiger partial charge is 0.276 e. The van der Waals surface area contributed by atoms with Crippen LogP contribution in [0, 0.1) is 6.92 Å². The summed E-state index contributed by atoms with van der Waals surface area (Å²) in [5, 5.41) is 0. The molecule has 0 fully saturated rings. The molecule has 0 saturated carbocycles. The molecule has 2 rings (SSSR count). The fourth-order valence-corrected chi connectivity index (χ4v) is 2.10. The molecule has 1 amide bonds. The maximum Gasteiger partial charge on any atom is 0.451 e. The van der Waals surface area contributed by atoms with E-state index in [1.807, 2.05) is 13.0 Å². The van der Waals surface area contributed by atoms with Gasteiger partial charge in [-0.05, 0) is 18.9 Å². The maximum atomic E-state index is 12.9. The number of aryl methyl sites for hydroxylation is 1. The molecule has 0 saturated heterocycles. The first-order valence-corrected chi connectivity index (χ1v) is 7.45. The molecule has 2 aromatic rings. The molecular formula is C16H17F3N4O. The number of hydrogen-bond donors (Lipinski definition) is 0. The molecule has 0 unspecified atom stereocenters. The van der Waals surface area contributed by atoms with E-state index < -0.39 is 12.0 Å². The lowest BCUT2D eigenvalue weighted by Gasteiger charge is -2.21. The van der Waals surface area contributed by atoms with Gasteiger partial charge in [0.1, 0.15) is 5.82 Å². The fraction of sp³-hybridized carbons (Fsp3) is 0.375. The van der Waals surface area contributed by atoms with Gasteiger partial charge in [0.25, 0.3) is 0 Å². The number of anilines is 1. The molecule has 0 N–H and O–H groups in total. The van der Waals surface area contributed by atoms with Gasteiger partial charge in [0, 0.05) is 6.42 Å². The Kier molecular flexibility index (Phi) is 5.48. The molecule has 0 aliphatic carbocycles. The van der Waals surface area contributed by atoms with Crippen molar-refractivity contribution in [3.63, 3.8) is 0 Å². The number of amides is 1. The molecule has 0 aliphatic heterocycles. The number of hydrogen-bond acceptors (Lipinski definition) is 4. The van der Waals surface area contributed by atoms with Crippen molar-refractivity contribution in [2.24, 2.45) is 0 Å². The Balaban J connectivity index is 2.43. The average Bonchev–Trinajstić information content (AvgIpc) is 2.52. The van der Waals surface area contributed by atoms with Gasteiger partial charge in [-0.3, -0.25) is 9.69 Å². The summed E-state index contributed by atoms with van der Waals surface area (Å²) in [5.41, 5.74) is 0.772. The zero-order chi connectivity index (χ0) is 17.7. The summed E-state index contributed by atoms with van der Waals surface area (Å²) in [6.45, 7) is 3.25. The first kappa shape index (κ1) is 17.8. The molecule has 8 heteroatoms. The molecule has 128 valence electrons. The standard InChI is InChI=1S/C16H17F3N4O/c1-3-7-13(24)23(10-12-8-5-4-6-9-12)15-21-11(2)20-14(22-15)16(17,18)19/h4-6,8-9H,3,7,10H2,1-2H3. The van der Waals surface area contributed by atoms with E-state index in [0.29, 0.717) is 6.42 Å². The Hall–Kier alpha value is -2.51. The number of alkyl halides is 3. The third-order valence-corrected chi connectivity index (χ3v) is 3.18. The Labute approximate surface area is 137 Å². The summed E-state index contributed by atoms with van der Waals surface area (Å²) < 4.78 is 38.8. The summed E-state index contributed by atoms with van der Waals surface area (Å²) >= 11 is 0. The van der Waals surface area contributed by atoms with Crippen LogP contribution in [0.4, 0.5) is 19.1 Å². The van der Waals surface area contributed by atoms with Crippen LogP contribution < -0.4 is 4.90 Å². The topological polar surface area (TPSA) is 59.0 Å². The Morgan fingerprint density at radius 3 is 2.38 bits per heavy atom. The number of aromatic nitrogens is 3. The highest BCUT2D eigenvalue weighted by atomic mass is 19.4. The molecule has 1 heterocycles. The van der Waals surface area contributed by atoms with Crippen LogP contribution in [0.3, 0.4) is 0 Å². The summed E-state index contributed by atoms with van der Waals surface area (Å²) in [4.78, 5) is 24.2. The Morgan fingerprint density at radius 2 is 1.79 bits per heavy atom. The Bertz CT molecular complexity index is 704. The van der Waals surface area contributed by atoms with Gasteiger partial charge >= 0.3 is 6.18 Å². The van der Waals surface area contributed by atoms with Gasteiger partial charge in [-0.1, -0.05) is 37.3 Å². The minimum Gasteiger partial charge on any atom is -0.276 e. The number of rotatable bonds is 5. The van der Waals surface area contributed by atoms with E-state index in [9.17, 15) is 18.0 Å². The monoisotopic (exact) mass is 338 g/mol. The normalized spacial score (nSPS) is 11.4. The van der Waals surface area contributed by atoms with Crippen molar-refractivity contribution in [3.8, 4) is 0 Å². The molecule has 0 bridgehead atoms.